The van der Waals surface area contributed by atoms with Gasteiger partial charge in [-0.25, -0.2) is 0 Å². The van der Waals surface area contributed by atoms with E-state index in [0.717, 1.165) is 36.9 Å². The molecular formula is C19H40N2. The lowest BCUT2D eigenvalue weighted by Gasteiger charge is -2.45. The van der Waals surface area contributed by atoms with Crippen LogP contribution in [-0.2, 0) is 0 Å². The molecule has 0 bridgehead atoms. The third-order valence-corrected chi connectivity index (χ3v) is 5.26. The summed E-state index contributed by atoms with van der Waals surface area (Å²) in [6.07, 6.45) is 4.00. The second-order valence-corrected chi connectivity index (χ2v) is 8.57. The van der Waals surface area contributed by atoms with E-state index in [-0.39, 0.29) is 0 Å². The first-order valence-corrected chi connectivity index (χ1v) is 9.22. The van der Waals surface area contributed by atoms with E-state index in [0.29, 0.717) is 5.41 Å². The first-order valence-electron chi connectivity index (χ1n) is 9.22. The fourth-order valence-electron chi connectivity index (χ4n) is 4.02. The molecule has 1 fully saturated rings. The maximum absolute atomic E-state index is 3.71. The molecule has 1 heterocycles. The van der Waals surface area contributed by atoms with Crippen LogP contribution in [0.1, 0.15) is 67.7 Å². The molecule has 1 aliphatic heterocycles. The topological polar surface area (TPSA) is 15.3 Å². The fourth-order valence-corrected chi connectivity index (χ4v) is 4.02. The van der Waals surface area contributed by atoms with E-state index in [9.17, 15) is 0 Å². The molecule has 4 atom stereocenters. The summed E-state index contributed by atoms with van der Waals surface area (Å²) in [5, 5.41) is 3.71. The summed E-state index contributed by atoms with van der Waals surface area (Å²) in [7, 11) is 0. The van der Waals surface area contributed by atoms with Crippen molar-refractivity contribution in [2.24, 2.45) is 23.2 Å². The Bertz CT molecular complexity index is 289. The highest BCUT2D eigenvalue weighted by Crippen LogP contribution is 2.32. The van der Waals surface area contributed by atoms with Gasteiger partial charge in [0.25, 0.3) is 0 Å². The van der Waals surface area contributed by atoms with Crippen LogP contribution in [0, 0.1) is 23.2 Å². The monoisotopic (exact) mass is 296 g/mol. The lowest BCUT2D eigenvalue weighted by molar-refractivity contribution is 0.0377. The van der Waals surface area contributed by atoms with Crippen molar-refractivity contribution >= 4 is 0 Å². The van der Waals surface area contributed by atoms with Gasteiger partial charge in [0, 0.05) is 25.7 Å². The Kier molecular flexibility index (Phi) is 7.70. The van der Waals surface area contributed by atoms with Gasteiger partial charge < -0.3 is 5.32 Å². The molecule has 1 N–H and O–H groups in total. The second-order valence-electron chi connectivity index (χ2n) is 8.57. The van der Waals surface area contributed by atoms with Crippen LogP contribution in [0.15, 0.2) is 0 Å². The molecule has 0 aromatic heterocycles. The van der Waals surface area contributed by atoms with E-state index >= 15 is 0 Å². The van der Waals surface area contributed by atoms with Crippen molar-refractivity contribution in [1.82, 2.24) is 10.2 Å². The molecule has 0 amide bonds. The number of nitrogens with zero attached hydrogens (tertiary/aromatic N) is 1. The Labute approximate surface area is 134 Å². The Hall–Kier alpha value is -0.0800. The molecule has 1 aliphatic rings. The van der Waals surface area contributed by atoms with Gasteiger partial charge in [0.05, 0.1) is 0 Å². The van der Waals surface area contributed by atoms with Gasteiger partial charge in [-0.3, -0.25) is 4.90 Å². The highest BCUT2D eigenvalue weighted by atomic mass is 15.2. The lowest BCUT2D eigenvalue weighted by atomic mass is 9.80. The van der Waals surface area contributed by atoms with Crippen molar-refractivity contribution in [3.63, 3.8) is 0 Å². The Morgan fingerprint density at radius 1 is 1.24 bits per heavy atom. The van der Waals surface area contributed by atoms with Crippen LogP contribution in [-0.4, -0.2) is 37.1 Å². The summed E-state index contributed by atoms with van der Waals surface area (Å²) < 4.78 is 0. The summed E-state index contributed by atoms with van der Waals surface area (Å²) >= 11 is 0. The van der Waals surface area contributed by atoms with Gasteiger partial charge in [-0.1, -0.05) is 48.0 Å². The quantitative estimate of drug-likeness (QED) is 0.714. The zero-order valence-corrected chi connectivity index (χ0v) is 15.7. The predicted octanol–water partition coefficient (Wildman–Crippen LogP) is 4.40. The molecule has 1 rings (SSSR count). The van der Waals surface area contributed by atoms with Crippen LogP contribution in [0.3, 0.4) is 0 Å². The third kappa shape index (κ3) is 6.28. The van der Waals surface area contributed by atoms with E-state index in [2.05, 4.69) is 58.7 Å². The molecule has 0 aliphatic carbocycles. The van der Waals surface area contributed by atoms with Crippen LogP contribution >= 0.6 is 0 Å². The predicted molar refractivity (Wildman–Crippen MR) is 94.7 cm³/mol. The van der Waals surface area contributed by atoms with E-state index < -0.39 is 0 Å². The van der Waals surface area contributed by atoms with E-state index in [1.54, 1.807) is 0 Å². The fraction of sp³-hybridized carbons (Fsp3) is 1.00. The van der Waals surface area contributed by atoms with Crippen LogP contribution < -0.4 is 5.32 Å². The minimum atomic E-state index is 0.411. The average Bonchev–Trinajstić information content (AvgIpc) is 2.35. The largest absolute Gasteiger partial charge is 0.316 e. The Morgan fingerprint density at radius 3 is 2.48 bits per heavy atom. The second kappa shape index (κ2) is 8.53. The maximum atomic E-state index is 3.71. The van der Waals surface area contributed by atoms with Gasteiger partial charge in [-0.15, -0.1) is 0 Å². The molecule has 126 valence electrons. The minimum Gasteiger partial charge on any atom is -0.316 e. The van der Waals surface area contributed by atoms with Gasteiger partial charge in [0.1, 0.15) is 0 Å². The summed E-state index contributed by atoms with van der Waals surface area (Å²) in [5.74, 6) is 2.43. The number of hydrogen-bond donors (Lipinski definition) is 1. The maximum Gasteiger partial charge on any atom is 0.00930 e. The normalized spacial score (nSPS) is 30.6. The molecule has 0 aromatic rings. The molecule has 0 saturated carbocycles. The number of piperidine rings is 1. The Morgan fingerprint density at radius 2 is 1.90 bits per heavy atom. The van der Waals surface area contributed by atoms with Crippen LogP contribution in [0.25, 0.3) is 0 Å². The summed E-state index contributed by atoms with van der Waals surface area (Å²) in [6, 6.07) is 0.738. The van der Waals surface area contributed by atoms with Gasteiger partial charge in [0.15, 0.2) is 0 Å². The summed E-state index contributed by atoms with van der Waals surface area (Å²) in [4.78, 5) is 2.77. The summed E-state index contributed by atoms with van der Waals surface area (Å²) in [5.41, 5.74) is 0.411. The SMILES string of the molecule is CCCC(C)(CNCC(C)C)CN1CC(C)CC(C)C1C. The van der Waals surface area contributed by atoms with E-state index in [1.165, 1.54) is 32.4 Å². The van der Waals surface area contributed by atoms with Crippen LogP contribution in [0.2, 0.25) is 0 Å². The van der Waals surface area contributed by atoms with Gasteiger partial charge >= 0.3 is 0 Å². The lowest BCUT2D eigenvalue weighted by Crippen LogP contribution is -2.51. The molecule has 2 nitrogen and oxygen atoms in total. The van der Waals surface area contributed by atoms with Gasteiger partial charge in [-0.05, 0) is 49.5 Å². The first-order chi connectivity index (χ1) is 9.77. The number of nitrogens with one attached hydrogen (secondary N) is 1. The van der Waals surface area contributed by atoms with Crippen molar-refractivity contribution in [2.75, 3.05) is 26.2 Å². The molecular weight excluding hydrogens is 256 g/mol. The molecule has 2 heteroatoms. The summed E-state index contributed by atoms with van der Waals surface area (Å²) in [6.45, 7) is 21.5. The Balaban J connectivity index is 2.62. The van der Waals surface area contributed by atoms with Crippen molar-refractivity contribution < 1.29 is 0 Å². The highest BCUT2D eigenvalue weighted by molar-refractivity contribution is 4.88. The van der Waals surface area contributed by atoms with Crippen molar-refractivity contribution in [3.05, 3.63) is 0 Å². The molecule has 4 unspecified atom stereocenters. The first kappa shape index (κ1) is 19.0. The van der Waals surface area contributed by atoms with Crippen molar-refractivity contribution in [3.8, 4) is 0 Å². The molecule has 1 saturated heterocycles. The standard InChI is InChI=1S/C19H40N2/c1-8-9-19(7,13-20-11-15(2)3)14-21-12-16(4)10-17(5)18(21)6/h15-18,20H,8-14H2,1-7H3. The molecule has 0 aromatic carbocycles. The highest BCUT2D eigenvalue weighted by Gasteiger charge is 2.34. The third-order valence-electron chi connectivity index (χ3n) is 5.26. The zero-order chi connectivity index (χ0) is 16.0. The molecule has 21 heavy (non-hydrogen) atoms. The number of hydrogen-bond acceptors (Lipinski definition) is 2. The van der Waals surface area contributed by atoms with Crippen molar-refractivity contribution in [2.45, 2.75) is 73.8 Å². The average molecular weight is 297 g/mol. The minimum absolute atomic E-state index is 0.411. The van der Waals surface area contributed by atoms with E-state index in [4.69, 9.17) is 0 Å². The molecule has 0 spiro atoms. The van der Waals surface area contributed by atoms with Crippen molar-refractivity contribution in [1.29, 1.82) is 0 Å². The molecule has 0 radical (unpaired) electrons. The van der Waals surface area contributed by atoms with Crippen LogP contribution in [0.5, 0.6) is 0 Å². The van der Waals surface area contributed by atoms with Crippen LogP contribution in [0.4, 0.5) is 0 Å². The van der Waals surface area contributed by atoms with Gasteiger partial charge in [0.2, 0.25) is 0 Å². The zero-order valence-electron chi connectivity index (χ0n) is 15.7. The smallest absolute Gasteiger partial charge is 0.00930 e. The number of rotatable bonds is 8. The number of likely N-dealkylation sites (tertiary alicyclic amines) is 1. The van der Waals surface area contributed by atoms with Gasteiger partial charge in [-0.2, -0.15) is 0 Å². The van der Waals surface area contributed by atoms with E-state index in [1.807, 2.05) is 0 Å².